The monoisotopic (exact) mass is 378 g/mol. The van der Waals surface area contributed by atoms with Gasteiger partial charge >= 0.3 is 0 Å². The fourth-order valence-electron chi connectivity index (χ4n) is 5.31. The second-order valence-corrected chi connectivity index (χ2v) is 9.34. The van der Waals surface area contributed by atoms with Crippen molar-refractivity contribution in [3.8, 4) is 5.75 Å². The van der Waals surface area contributed by atoms with Crippen molar-refractivity contribution in [2.24, 2.45) is 11.3 Å². The molecule has 0 N–H and O–H groups in total. The molecule has 0 spiro atoms. The highest BCUT2D eigenvalue weighted by Crippen LogP contribution is 2.43. The van der Waals surface area contributed by atoms with Crippen molar-refractivity contribution < 1.29 is 4.74 Å². The Balaban J connectivity index is 1.56. The first-order valence-electron chi connectivity index (χ1n) is 10.7. The predicted octanol–water partition coefficient (Wildman–Crippen LogP) is 5.13. The summed E-state index contributed by atoms with van der Waals surface area (Å²) < 4.78 is 5.64. The number of hydrogen-bond donors (Lipinski definition) is 0. The molecule has 2 aromatic carbocycles. The number of aryl methyl sites for hydroxylation is 1. The van der Waals surface area contributed by atoms with E-state index >= 15 is 0 Å². The van der Waals surface area contributed by atoms with Crippen molar-refractivity contribution in [2.75, 3.05) is 31.1 Å². The van der Waals surface area contributed by atoms with Crippen LogP contribution in [0.2, 0.25) is 0 Å². The van der Waals surface area contributed by atoms with E-state index in [9.17, 15) is 0 Å². The molecule has 0 aliphatic carbocycles. The minimum absolute atomic E-state index is 0.322. The Morgan fingerprint density at radius 2 is 1.82 bits per heavy atom. The fourth-order valence-corrected chi connectivity index (χ4v) is 5.31. The van der Waals surface area contributed by atoms with Crippen LogP contribution in [0.1, 0.15) is 38.3 Å². The van der Waals surface area contributed by atoms with Gasteiger partial charge in [-0.1, -0.05) is 43.7 Å². The Morgan fingerprint density at radius 1 is 1.04 bits per heavy atom. The van der Waals surface area contributed by atoms with Crippen molar-refractivity contribution in [2.45, 2.75) is 46.7 Å². The Hall–Kier alpha value is -2.00. The summed E-state index contributed by atoms with van der Waals surface area (Å²) in [5.41, 5.74) is 4.45. The third-order valence-corrected chi connectivity index (χ3v) is 6.46. The van der Waals surface area contributed by atoms with Gasteiger partial charge in [-0.15, -0.1) is 0 Å². The zero-order valence-electron chi connectivity index (χ0n) is 17.8. The van der Waals surface area contributed by atoms with Crippen LogP contribution < -0.4 is 9.64 Å². The summed E-state index contributed by atoms with van der Waals surface area (Å²) in [4.78, 5) is 5.35. The first-order valence-corrected chi connectivity index (χ1v) is 10.7. The second-order valence-electron chi connectivity index (χ2n) is 9.34. The maximum absolute atomic E-state index is 5.64. The number of nitrogens with zero attached hydrogens (tertiary/aromatic N) is 2. The number of fused-ring (bicyclic) bond motifs is 4. The number of ether oxygens (including phenoxy) is 1. The van der Waals surface area contributed by atoms with Crippen LogP contribution in [0.15, 0.2) is 48.5 Å². The summed E-state index contributed by atoms with van der Waals surface area (Å²) in [5, 5.41) is 0. The van der Waals surface area contributed by atoms with Crippen LogP contribution in [-0.2, 0) is 6.54 Å². The third-order valence-electron chi connectivity index (χ3n) is 6.46. The normalized spacial score (nSPS) is 24.2. The molecule has 2 atom stereocenters. The molecule has 0 aromatic heterocycles. The van der Waals surface area contributed by atoms with Gasteiger partial charge in [0.1, 0.15) is 5.75 Å². The molecule has 3 nitrogen and oxygen atoms in total. The highest BCUT2D eigenvalue weighted by molar-refractivity contribution is 5.51. The van der Waals surface area contributed by atoms with E-state index < -0.39 is 0 Å². The Kier molecular flexibility index (Phi) is 5.37. The molecule has 3 aliphatic rings. The SMILES string of the molecule is CCOc1ccc(N2C[C@H]3CN(Cc4cccc(C)c4)CC2C(C)(C)C3)cc1. The highest BCUT2D eigenvalue weighted by Gasteiger charge is 2.45. The molecule has 28 heavy (non-hydrogen) atoms. The van der Waals surface area contributed by atoms with Crippen molar-refractivity contribution in [1.29, 1.82) is 0 Å². The Morgan fingerprint density at radius 3 is 2.54 bits per heavy atom. The molecule has 5 rings (SSSR count). The van der Waals surface area contributed by atoms with Gasteiger partial charge in [0.05, 0.1) is 6.61 Å². The van der Waals surface area contributed by atoms with Gasteiger partial charge in [-0.05, 0) is 61.4 Å². The van der Waals surface area contributed by atoms with E-state index in [1.54, 1.807) is 0 Å². The summed E-state index contributed by atoms with van der Waals surface area (Å²) >= 11 is 0. The van der Waals surface area contributed by atoms with Gasteiger partial charge in [-0.2, -0.15) is 0 Å². The molecule has 3 aliphatic heterocycles. The minimum atomic E-state index is 0.322. The lowest BCUT2D eigenvalue weighted by molar-refractivity contribution is 0.190. The number of anilines is 1. The van der Waals surface area contributed by atoms with Crippen molar-refractivity contribution in [1.82, 2.24) is 4.90 Å². The third kappa shape index (κ3) is 4.05. The number of piperidine rings is 1. The van der Waals surface area contributed by atoms with E-state index in [1.165, 1.54) is 29.8 Å². The smallest absolute Gasteiger partial charge is 0.119 e. The molecule has 2 aromatic rings. The molecule has 2 bridgehead atoms. The Bertz CT molecular complexity index is 798. The van der Waals surface area contributed by atoms with Crippen LogP contribution in [0.5, 0.6) is 5.75 Å². The Labute approximate surface area is 170 Å². The van der Waals surface area contributed by atoms with Crippen LogP contribution in [-0.4, -0.2) is 37.2 Å². The molecule has 0 saturated carbocycles. The summed E-state index contributed by atoms with van der Waals surface area (Å²) in [6, 6.07) is 18.2. The number of hydrogen-bond acceptors (Lipinski definition) is 3. The number of rotatable bonds is 5. The van der Waals surface area contributed by atoms with E-state index in [2.05, 4.69) is 79.1 Å². The van der Waals surface area contributed by atoms with Gasteiger partial charge in [0, 0.05) is 37.9 Å². The summed E-state index contributed by atoms with van der Waals surface area (Å²) in [5.74, 6) is 1.68. The van der Waals surface area contributed by atoms with Gasteiger partial charge in [0.15, 0.2) is 0 Å². The van der Waals surface area contributed by atoms with Gasteiger partial charge in [0.25, 0.3) is 0 Å². The first kappa shape index (κ1) is 19.3. The van der Waals surface area contributed by atoms with Crippen molar-refractivity contribution >= 4 is 5.69 Å². The molecule has 150 valence electrons. The zero-order valence-corrected chi connectivity index (χ0v) is 17.8. The van der Waals surface area contributed by atoms with Gasteiger partial charge in [-0.3, -0.25) is 4.90 Å². The zero-order chi connectivity index (χ0) is 19.7. The molecular formula is C25H34N2O. The van der Waals surface area contributed by atoms with Crippen LogP contribution in [0.3, 0.4) is 0 Å². The van der Waals surface area contributed by atoms with E-state index in [0.717, 1.165) is 25.4 Å². The lowest BCUT2D eigenvalue weighted by Gasteiger charge is -2.48. The van der Waals surface area contributed by atoms with E-state index in [0.29, 0.717) is 24.0 Å². The molecule has 3 fully saturated rings. The molecule has 0 radical (unpaired) electrons. The maximum Gasteiger partial charge on any atom is 0.119 e. The molecule has 3 saturated heterocycles. The second kappa shape index (κ2) is 7.79. The standard InChI is InChI=1S/C25H34N2O/c1-5-28-23-11-9-22(10-12-23)27-17-21-14-25(3,4)24(27)18-26(16-21)15-20-8-6-7-19(2)13-20/h6-13,21,24H,5,14-18H2,1-4H3/t21-,24?/m1/s1. The first-order chi connectivity index (χ1) is 13.4. The fraction of sp³-hybridized carbons (Fsp3) is 0.520. The van der Waals surface area contributed by atoms with Gasteiger partial charge in [-0.25, -0.2) is 0 Å². The van der Waals surface area contributed by atoms with Gasteiger partial charge < -0.3 is 9.64 Å². The quantitative estimate of drug-likeness (QED) is 0.717. The van der Waals surface area contributed by atoms with E-state index in [-0.39, 0.29) is 0 Å². The van der Waals surface area contributed by atoms with Crippen molar-refractivity contribution in [3.05, 3.63) is 59.7 Å². The molecule has 3 heterocycles. The topological polar surface area (TPSA) is 15.7 Å². The van der Waals surface area contributed by atoms with Crippen molar-refractivity contribution in [3.63, 3.8) is 0 Å². The average Bonchev–Trinajstić information content (AvgIpc) is 2.88. The van der Waals surface area contributed by atoms with Crippen LogP contribution in [0, 0.1) is 18.3 Å². The largest absolute Gasteiger partial charge is 0.494 e. The predicted molar refractivity (Wildman–Crippen MR) is 117 cm³/mol. The van der Waals surface area contributed by atoms with Gasteiger partial charge in [0.2, 0.25) is 0 Å². The van der Waals surface area contributed by atoms with E-state index in [4.69, 9.17) is 4.74 Å². The molecule has 3 heteroatoms. The summed E-state index contributed by atoms with van der Waals surface area (Å²) in [6.07, 6.45) is 1.31. The maximum atomic E-state index is 5.64. The highest BCUT2D eigenvalue weighted by atomic mass is 16.5. The summed E-state index contributed by atoms with van der Waals surface area (Å²) in [7, 11) is 0. The van der Waals surface area contributed by atoms with Crippen LogP contribution in [0.25, 0.3) is 0 Å². The molecule has 1 unspecified atom stereocenters. The summed E-state index contributed by atoms with van der Waals surface area (Å²) in [6.45, 7) is 14.4. The molecule has 0 amide bonds. The lowest BCUT2D eigenvalue weighted by Crippen LogP contribution is -2.53. The van der Waals surface area contributed by atoms with Crippen LogP contribution >= 0.6 is 0 Å². The number of benzene rings is 2. The van der Waals surface area contributed by atoms with E-state index in [1.807, 2.05) is 6.92 Å². The minimum Gasteiger partial charge on any atom is -0.494 e. The van der Waals surface area contributed by atoms with Crippen LogP contribution in [0.4, 0.5) is 5.69 Å². The lowest BCUT2D eigenvalue weighted by atomic mass is 9.73. The average molecular weight is 379 g/mol. The molecular weight excluding hydrogens is 344 g/mol.